The van der Waals surface area contributed by atoms with Crippen LogP contribution < -0.4 is 10.2 Å². The molecule has 0 rings (SSSR count). The van der Waals surface area contributed by atoms with Crippen LogP contribution in [0.1, 0.15) is 25.7 Å². The van der Waals surface area contributed by atoms with E-state index in [1.165, 1.54) is 0 Å². The number of carboxylic acids is 2. The summed E-state index contributed by atoms with van der Waals surface area (Å²) >= 11 is 0. The average Bonchev–Trinajstić information content (AvgIpc) is 1.79. The van der Waals surface area contributed by atoms with Crippen molar-refractivity contribution >= 4 is 35.0 Å². The van der Waals surface area contributed by atoms with Gasteiger partial charge in [0.2, 0.25) is 0 Å². The van der Waals surface area contributed by atoms with Crippen molar-refractivity contribution in [2.45, 2.75) is 25.7 Å². The maximum absolute atomic E-state index is 9.77. The molecule has 0 aliphatic heterocycles. The third kappa shape index (κ3) is 12.8. The second-order valence-electron chi connectivity index (χ2n) is 1.95. The van der Waals surface area contributed by atoms with Crippen LogP contribution in [-0.4, -0.2) is 35.0 Å². The van der Waals surface area contributed by atoms with Crippen molar-refractivity contribution in [3.63, 3.8) is 0 Å². The van der Waals surface area contributed by atoms with Crippen LogP contribution in [0.2, 0.25) is 0 Å². The second-order valence-corrected chi connectivity index (χ2v) is 1.95. The van der Waals surface area contributed by atoms with E-state index in [1.54, 1.807) is 0 Å². The van der Waals surface area contributed by atoms with E-state index in [9.17, 15) is 19.8 Å². The van der Waals surface area contributed by atoms with E-state index < -0.39 is 11.9 Å². The predicted octanol–water partition coefficient (Wildman–Crippen LogP) is -2.33. The molecule has 0 saturated carbocycles. The Morgan fingerprint density at radius 2 is 1.18 bits per heavy atom. The molecular weight excluding hydrogens is 160 g/mol. The smallest absolute Gasteiger partial charge is 0.550 e. The molecule has 0 amide bonds. The van der Waals surface area contributed by atoms with Gasteiger partial charge in [-0.15, -0.1) is 0 Å². The largest absolute Gasteiger partial charge is 2.00 e. The second kappa shape index (κ2) is 7.81. The molecule has 58 valence electrons. The van der Waals surface area contributed by atoms with E-state index in [-0.39, 0.29) is 35.9 Å². The van der Waals surface area contributed by atoms with Crippen molar-refractivity contribution in [2.24, 2.45) is 0 Å². The van der Waals surface area contributed by atoms with Gasteiger partial charge in [-0.05, 0) is 25.7 Å². The zero-order valence-electron chi connectivity index (χ0n) is 6.17. The minimum Gasteiger partial charge on any atom is -0.550 e. The van der Waals surface area contributed by atoms with Gasteiger partial charge in [0.1, 0.15) is 0 Å². The summed E-state index contributed by atoms with van der Waals surface area (Å²) in [7, 11) is 0. The molecule has 0 aliphatic carbocycles. The van der Waals surface area contributed by atoms with Crippen molar-refractivity contribution in [2.75, 3.05) is 0 Å². The molecule has 0 saturated heterocycles. The summed E-state index contributed by atoms with van der Waals surface area (Å²) in [6.45, 7) is 0. The number of carbonyl (C=O) groups is 2. The first-order chi connectivity index (χ1) is 4.63. The number of aliphatic carboxylic acids is 2. The molecular formula is C6H8MgO4. The third-order valence-electron chi connectivity index (χ3n) is 1.01. The van der Waals surface area contributed by atoms with E-state index in [4.69, 9.17) is 0 Å². The normalized spacial score (nSPS) is 8.36. The van der Waals surface area contributed by atoms with Crippen LogP contribution in [0.4, 0.5) is 0 Å². The van der Waals surface area contributed by atoms with Gasteiger partial charge >= 0.3 is 23.1 Å². The monoisotopic (exact) mass is 168 g/mol. The Bertz CT molecular complexity index is 119. The minimum atomic E-state index is -1.14. The van der Waals surface area contributed by atoms with Gasteiger partial charge < -0.3 is 19.8 Å². The molecule has 0 aromatic carbocycles. The van der Waals surface area contributed by atoms with Crippen LogP contribution in [0.3, 0.4) is 0 Å². The molecule has 0 bridgehead atoms. The Balaban J connectivity index is 0. The topological polar surface area (TPSA) is 80.3 Å². The summed E-state index contributed by atoms with van der Waals surface area (Å²) < 4.78 is 0. The Kier molecular flexibility index (Phi) is 9.45. The van der Waals surface area contributed by atoms with Gasteiger partial charge in [0.25, 0.3) is 0 Å². The predicted molar refractivity (Wildman–Crippen MR) is 34.2 cm³/mol. The summed E-state index contributed by atoms with van der Waals surface area (Å²) in [5.41, 5.74) is 0. The van der Waals surface area contributed by atoms with Gasteiger partial charge in [-0.25, -0.2) is 0 Å². The van der Waals surface area contributed by atoms with Crippen molar-refractivity contribution in [3.05, 3.63) is 0 Å². The quantitative estimate of drug-likeness (QED) is 0.341. The molecule has 5 heteroatoms. The summed E-state index contributed by atoms with van der Waals surface area (Å²) in [4.78, 5) is 19.5. The summed E-state index contributed by atoms with van der Waals surface area (Å²) in [5, 5.41) is 19.5. The van der Waals surface area contributed by atoms with Gasteiger partial charge in [-0.3, -0.25) is 0 Å². The van der Waals surface area contributed by atoms with E-state index in [0.29, 0.717) is 12.8 Å². The van der Waals surface area contributed by atoms with Crippen molar-refractivity contribution in [3.8, 4) is 0 Å². The van der Waals surface area contributed by atoms with Gasteiger partial charge in [-0.1, -0.05) is 0 Å². The van der Waals surface area contributed by atoms with E-state index in [2.05, 4.69) is 0 Å². The number of carboxylic acid groups (broad SMARTS) is 2. The molecule has 11 heavy (non-hydrogen) atoms. The standard InChI is InChI=1S/C6H10O4.Mg/c7-5(8)3-1-2-4-6(9)10;/h1-4H2,(H,7,8)(H,9,10);/q;+2/p-2. The zero-order chi connectivity index (χ0) is 7.98. The van der Waals surface area contributed by atoms with Crippen LogP contribution >= 0.6 is 0 Å². The molecule has 0 aliphatic rings. The minimum absolute atomic E-state index is 0. The average molecular weight is 168 g/mol. The SMILES string of the molecule is O=C([O-])CCCCC(=O)[O-].[Mg+2]. The van der Waals surface area contributed by atoms with Gasteiger partial charge in [0, 0.05) is 11.9 Å². The molecule has 0 fully saturated rings. The van der Waals surface area contributed by atoms with Crippen LogP contribution in [0.25, 0.3) is 0 Å². The molecule has 0 aromatic rings. The summed E-state index contributed by atoms with van der Waals surface area (Å²) in [5.74, 6) is -2.28. The Morgan fingerprint density at radius 3 is 1.36 bits per heavy atom. The van der Waals surface area contributed by atoms with Crippen molar-refractivity contribution in [1.82, 2.24) is 0 Å². The first-order valence-electron chi connectivity index (χ1n) is 3.02. The van der Waals surface area contributed by atoms with Crippen molar-refractivity contribution in [1.29, 1.82) is 0 Å². The molecule has 0 radical (unpaired) electrons. The van der Waals surface area contributed by atoms with Crippen LogP contribution in [0.15, 0.2) is 0 Å². The third-order valence-corrected chi connectivity index (χ3v) is 1.01. The number of hydrogen-bond acceptors (Lipinski definition) is 4. The van der Waals surface area contributed by atoms with Gasteiger partial charge in [-0.2, -0.15) is 0 Å². The van der Waals surface area contributed by atoms with Crippen molar-refractivity contribution < 1.29 is 19.8 Å². The molecule has 0 spiro atoms. The fourth-order valence-corrected chi connectivity index (χ4v) is 0.539. The van der Waals surface area contributed by atoms with Gasteiger partial charge in [0.15, 0.2) is 0 Å². The molecule has 0 unspecified atom stereocenters. The number of unbranched alkanes of at least 4 members (excludes halogenated alkanes) is 1. The van der Waals surface area contributed by atoms with Crippen LogP contribution in [0.5, 0.6) is 0 Å². The van der Waals surface area contributed by atoms with E-state index >= 15 is 0 Å². The molecule has 4 nitrogen and oxygen atoms in total. The van der Waals surface area contributed by atoms with E-state index in [1.807, 2.05) is 0 Å². The molecule has 0 atom stereocenters. The Labute approximate surface area is 80.7 Å². The van der Waals surface area contributed by atoms with Crippen LogP contribution in [-0.2, 0) is 9.59 Å². The zero-order valence-corrected chi connectivity index (χ0v) is 7.58. The molecule has 0 aromatic heterocycles. The van der Waals surface area contributed by atoms with E-state index in [0.717, 1.165) is 0 Å². The molecule has 0 heterocycles. The van der Waals surface area contributed by atoms with Crippen LogP contribution in [0, 0.1) is 0 Å². The fraction of sp³-hybridized carbons (Fsp3) is 0.667. The number of rotatable bonds is 5. The van der Waals surface area contributed by atoms with Gasteiger partial charge in [0.05, 0.1) is 0 Å². The summed E-state index contributed by atoms with van der Waals surface area (Å²) in [6, 6.07) is 0. The first kappa shape index (κ1) is 13.3. The first-order valence-corrected chi connectivity index (χ1v) is 3.02. The number of carbonyl (C=O) groups excluding carboxylic acids is 2. The number of hydrogen-bond donors (Lipinski definition) is 0. The molecule has 0 N–H and O–H groups in total. The maximum Gasteiger partial charge on any atom is 2.00 e. The maximum atomic E-state index is 9.77. The Morgan fingerprint density at radius 1 is 0.909 bits per heavy atom. The Hall–Kier alpha value is -0.294. The summed E-state index contributed by atoms with van der Waals surface area (Å²) in [6.07, 6.45) is 0.535. The fourth-order valence-electron chi connectivity index (χ4n) is 0.539.